The van der Waals surface area contributed by atoms with E-state index < -0.39 is 0 Å². The van der Waals surface area contributed by atoms with Crippen LogP contribution in [0.25, 0.3) is 0 Å². The molecule has 0 aromatic carbocycles. The van der Waals surface area contributed by atoms with E-state index >= 15 is 0 Å². The highest BCUT2D eigenvalue weighted by Gasteiger charge is 2.28. The third kappa shape index (κ3) is 3.00. The maximum Gasteiger partial charge on any atom is 0.254 e. The van der Waals surface area contributed by atoms with Crippen LogP contribution in [0.2, 0.25) is 0 Å². The largest absolute Gasteiger partial charge is 0.339 e. The zero-order valence-corrected chi connectivity index (χ0v) is 13.1. The molecule has 0 N–H and O–H groups in total. The predicted molar refractivity (Wildman–Crippen MR) is 80.6 cm³/mol. The summed E-state index contributed by atoms with van der Waals surface area (Å²) >= 11 is 1.55. The molecule has 3 heterocycles. The SMILES string of the molecule is CC(C)c1nc([C@@H]2CCCN(C(=O)c3ccsc3)C2)no1. The summed E-state index contributed by atoms with van der Waals surface area (Å²) in [7, 11) is 0. The van der Waals surface area contributed by atoms with E-state index in [4.69, 9.17) is 4.52 Å². The summed E-state index contributed by atoms with van der Waals surface area (Å²) in [5.74, 6) is 1.93. The number of thiophene rings is 1. The molecule has 2 aromatic rings. The molecule has 0 unspecified atom stereocenters. The van der Waals surface area contributed by atoms with Crippen LogP contribution in [0.1, 0.15) is 60.6 Å². The smallest absolute Gasteiger partial charge is 0.254 e. The number of aromatic nitrogens is 2. The molecule has 6 heteroatoms. The summed E-state index contributed by atoms with van der Waals surface area (Å²) in [4.78, 5) is 18.8. The Hall–Kier alpha value is -1.69. The Balaban J connectivity index is 1.72. The van der Waals surface area contributed by atoms with Crippen molar-refractivity contribution in [3.63, 3.8) is 0 Å². The van der Waals surface area contributed by atoms with Crippen molar-refractivity contribution in [3.05, 3.63) is 34.1 Å². The zero-order chi connectivity index (χ0) is 14.8. The second kappa shape index (κ2) is 5.97. The van der Waals surface area contributed by atoms with Crippen molar-refractivity contribution >= 4 is 17.2 Å². The van der Waals surface area contributed by atoms with Crippen LogP contribution in [0.4, 0.5) is 0 Å². The first kappa shape index (κ1) is 14.3. The molecule has 2 aromatic heterocycles. The Morgan fingerprint density at radius 1 is 1.52 bits per heavy atom. The Bertz CT molecular complexity index is 606. The van der Waals surface area contributed by atoms with E-state index in [-0.39, 0.29) is 17.7 Å². The average Bonchev–Trinajstić information content (AvgIpc) is 3.18. The summed E-state index contributed by atoms with van der Waals surface area (Å²) in [5, 5.41) is 7.93. The van der Waals surface area contributed by atoms with Gasteiger partial charge < -0.3 is 9.42 Å². The van der Waals surface area contributed by atoms with Gasteiger partial charge in [0, 0.05) is 30.3 Å². The van der Waals surface area contributed by atoms with E-state index in [0.29, 0.717) is 12.4 Å². The van der Waals surface area contributed by atoms with Crippen LogP contribution < -0.4 is 0 Å². The minimum atomic E-state index is 0.105. The highest BCUT2D eigenvalue weighted by molar-refractivity contribution is 7.08. The standard InChI is InChI=1S/C15H19N3O2S/c1-10(2)14-16-13(17-20-14)11-4-3-6-18(8-11)15(19)12-5-7-21-9-12/h5,7,9-11H,3-4,6,8H2,1-2H3/t11-/m1/s1. The summed E-state index contributed by atoms with van der Waals surface area (Å²) in [6.45, 7) is 5.54. The van der Waals surface area contributed by atoms with Crippen LogP contribution in [0.3, 0.4) is 0 Å². The fraction of sp³-hybridized carbons (Fsp3) is 0.533. The number of likely N-dealkylation sites (tertiary alicyclic amines) is 1. The van der Waals surface area contributed by atoms with Gasteiger partial charge in [0.25, 0.3) is 5.91 Å². The molecule has 0 bridgehead atoms. The molecule has 1 amide bonds. The van der Waals surface area contributed by atoms with Gasteiger partial charge in [-0.15, -0.1) is 0 Å². The van der Waals surface area contributed by atoms with Gasteiger partial charge in [0.2, 0.25) is 5.89 Å². The number of hydrogen-bond donors (Lipinski definition) is 0. The molecule has 1 saturated heterocycles. The molecular weight excluding hydrogens is 286 g/mol. The Kier molecular flexibility index (Phi) is 4.05. The Morgan fingerprint density at radius 2 is 2.38 bits per heavy atom. The molecule has 21 heavy (non-hydrogen) atoms. The maximum absolute atomic E-state index is 12.4. The molecule has 0 spiro atoms. The number of carbonyl (C=O) groups is 1. The molecule has 112 valence electrons. The fourth-order valence-corrected chi connectivity index (χ4v) is 3.22. The molecule has 0 radical (unpaired) electrons. The highest BCUT2D eigenvalue weighted by Crippen LogP contribution is 2.27. The van der Waals surface area contributed by atoms with Crippen LogP contribution >= 0.6 is 11.3 Å². The summed E-state index contributed by atoms with van der Waals surface area (Å²) in [5.41, 5.74) is 0.775. The molecule has 3 rings (SSSR count). The normalized spacial score (nSPS) is 19.2. The van der Waals surface area contributed by atoms with Crippen LogP contribution in [0.5, 0.6) is 0 Å². The molecule has 1 fully saturated rings. The summed E-state index contributed by atoms with van der Waals surface area (Å²) in [6.07, 6.45) is 1.98. The lowest BCUT2D eigenvalue weighted by atomic mass is 9.97. The van der Waals surface area contributed by atoms with Crippen molar-refractivity contribution in [2.24, 2.45) is 0 Å². The Labute approximate surface area is 128 Å². The number of nitrogens with zero attached hydrogens (tertiary/aromatic N) is 3. The molecule has 1 aliphatic rings. The van der Waals surface area contributed by atoms with Gasteiger partial charge in [-0.3, -0.25) is 4.79 Å². The van der Waals surface area contributed by atoms with Gasteiger partial charge in [-0.25, -0.2) is 0 Å². The first-order valence-electron chi connectivity index (χ1n) is 7.30. The van der Waals surface area contributed by atoms with Crippen molar-refractivity contribution in [2.75, 3.05) is 13.1 Å². The second-order valence-electron chi connectivity index (χ2n) is 5.75. The molecular formula is C15H19N3O2S. The van der Waals surface area contributed by atoms with Gasteiger partial charge in [0.05, 0.1) is 5.56 Å². The topological polar surface area (TPSA) is 59.2 Å². The minimum absolute atomic E-state index is 0.105. The lowest BCUT2D eigenvalue weighted by molar-refractivity contribution is 0.0704. The zero-order valence-electron chi connectivity index (χ0n) is 12.3. The first-order chi connectivity index (χ1) is 10.1. The van der Waals surface area contributed by atoms with Crippen molar-refractivity contribution in [2.45, 2.75) is 38.5 Å². The third-order valence-corrected chi connectivity index (χ3v) is 4.48. The van der Waals surface area contributed by atoms with E-state index in [0.717, 1.165) is 30.8 Å². The number of hydrogen-bond acceptors (Lipinski definition) is 5. The van der Waals surface area contributed by atoms with Gasteiger partial charge in [0.15, 0.2) is 5.82 Å². The van der Waals surface area contributed by atoms with Gasteiger partial charge in [0.1, 0.15) is 0 Å². The Morgan fingerprint density at radius 3 is 3.05 bits per heavy atom. The van der Waals surface area contributed by atoms with E-state index in [9.17, 15) is 4.79 Å². The molecule has 0 aliphatic carbocycles. The molecule has 0 saturated carbocycles. The lowest BCUT2D eigenvalue weighted by Gasteiger charge is -2.31. The number of piperidine rings is 1. The third-order valence-electron chi connectivity index (χ3n) is 3.79. The number of carbonyl (C=O) groups excluding carboxylic acids is 1. The minimum Gasteiger partial charge on any atom is -0.339 e. The van der Waals surface area contributed by atoms with Gasteiger partial charge in [-0.05, 0) is 24.3 Å². The van der Waals surface area contributed by atoms with Gasteiger partial charge in [-0.1, -0.05) is 19.0 Å². The number of amides is 1. The average molecular weight is 305 g/mol. The second-order valence-corrected chi connectivity index (χ2v) is 6.53. The van der Waals surface area contributed by atoms with Crippen molar-refractivity contribution in [1.82, 2.24) is 15.0 Å². The van der Waals surface area contributed by atoms with Crippen molar-refractivity contribution in [3.8, 4) is 0 Å². The van der Waals surface area contributed by atoms with Crippen LogP contribution in [-0.2, 0) is 0 Å². The molecule has 1 atom stereocenters. The van der Waals surface area contributed by atoms with Crippen LogP contribution in [-0.4, -0.2) is 34.0 Å². The van der Waals surface area contributed by atoms with E-state index in [1.54, 1.807) is 11.3 Å². The fourth-order valence-electron chi connectivity index (χ4n) is 2.59. The maximum atomic E-state index is 12.4. The summed E-state index contributed by atoms with van der Waals surface area (Å²) in [6, 6.07) is 1.88. The van der Waals surface area contributed by atoms with Crippen LogP contribution in [0.15, 0.2) is 21.3 Å². The van der Waals surface area contributed by atoms with Crippen molar-refractivity contribution in [1.29, 1.82) is 0 Å². The van der Waals surface area contributed by atoms with E-state index in [1.165, 1.54) is 0 Å². The monoisotopic (exact) mass is 305 g/mol. The van der Waals surface area contributed by atoms with E-state index in [1.807, 2.05) is 35.6 Å². The van der Waals surface area contributed by atoms with E-state index in [2.05, 4.69) is 10.1 Å². The summed E-state index contributed by atoms with van der Waals surface area (Å²) < 4.78 is 5.28. The van der Waals surface area contributed by atoms with Crippen LogP contribution in [0, 0.1) is 0 Å². The molecule has 5 nitrogen and oxygen atoms in total. The predicted octanol–water partition coefficient (Wildman–Crippen LogP) is 3.27. The van der Waals surface area contributed by atoms with Crippen molar-refractivity contribution < 1.29 is 9.32 Å². The quantitative estimate of drug-likeness (QED) is 0.873. The first-order valence-corrected chi connectivity index (χ1v) is 8.24. The van der Waals surface area contributed by atoms with Gasteiger partial charge in [-0.2, -0.15) is 16.3 Å². The van der Waals surface area contributed by atoms with Gasteiger partial charge >= 0.3 is 0 Å². The molecule has 1 aliphatic heterocycles. The number of rotatable bonds is 3. The lowest BCUT2D eigenvalue weighted by Crippen LogP contribution is -2.39. The highest BCUT2D eigenvalue weighted by atomic mass is 32.1.